The zero-order valence-electron chi connectivity index (χ0n) is 9.56. The van der Waals surface area contributed by atoms with Gasteiger partial charge in [0, 0.05) is 6.61 Å². The van der Waals surface area contributed by atoms with E-state index < -0.39 is 6.10 Å². The average Bonchev–Trinajstić information content (AvgIpc) is 2.29. The summed E-state index contributed by atoms with van der Waals surface area (Å²) in [6, 6.07) is 0. The summed E-state index contributed by atoms with van der Waals surface area (Å²) < 4.78 is 5.17. The van der Waals surface area contributed by atoms with Crippen LogP contribution in [0.3, 0.4) is 0 Å². The first-order valence-corrected chi connectivity index (χ1v) is 5.31. The fourth-order valence-corrected chi connectivity index (χ4v) is 0.679. The molecule has 0 aromatic rings. The largest absolute Gasteiger partial charge is 0.394 e. The molecule has 3 N–H and O–H groups in total. The SMILES string of the molecule is C=CCOCCCCC.OCC(O)CO. The molecule has 0 spiro atoms. The van der Waals surface area contributed by atoms with Gasteiger partial charge in [-0.1, -0.05) is 25.8 Å². The fraction of sp³-hybridized carbons (Fsp3) is 0.818. The Labute approximate surface area is 92.2 Å². The van der Waals surface area contributed by atoms with Gasteiger partial charge in [-0.2, -0.15) is 0 Å². The van der Waals surface area contributed by atoms with Crippen LogP contribution in [0, 0.1) is 0 Å². The molecular weight excluding hydrogens is 196 g/mol. The Morgan fingerprint density at radius 1 is 1.27 bits per heavy atom. The minimum atomic E-state index is -0.954. The van der Waals surface area contributed by atoms with Gasteiger partial charge < -0.3 is 20.1 Å². The van der Waals surface area contributed by atoms with Gasteiger partial charge in [0.05, 0.1) is 19.8 Å². The van der Waals surface area contributed by atoms with Gasteiger partial charge in [0.1, 0.15) is 6.10 Å². The summed E-state index contributed by atoms with van der Waals surface area (Å²) >= 11 is 0. The van der Waals surface area contributed by atoms with E-state index in [1.807, 2.05) is 0 Å². The molecule has 4 nitrogen and oxygen atoms in total. The van der Waals surface area contributed by atoms with E-state index in [1.54, 1.807) is 6.08 Å². The molecule has 0 heterocycles. The van der Waals surface area contributed by atoms with Crippen LogP contribution < -0.4 is 0 Å². The second-order valence-corrected chi connectivity index (χ2v) is 3.09. The van der Waals surface area contributed by atoms with Crippen molar-refractivity contribution in [1.29, 1.82) is 0 Å². The molecule has 0 saturated heterocycles. The molecule has 15 heavy (non-hydrogen) atoms. The smallest absolute Gasteiger partial charge is 0.100 e. The van der Waals surface area contributed by atoms with Crippen LogP contribution in [0.4, 0.5) is 0 Å². The first-order valence-electron chi connectivity index (χ1n) is 5.31. The summed E-state index contributed by atoms with van der Waals surface area (Å²) in [5.74, 6) is 0. The zero-order chi connectivity index (χ0) is 11.9. The quantitative estimate of drug-likeness (QED) is 0.416. The van der Waals surface area contributed by atoms with Crippen LogP contribution in [0.2, 0.25) is 0 Å². The van der Waals surface area contributed by atoms with E-state index in [-0.39, 0.29) is 13.2 Å². The molecule has 0 fully saturated rings. The molecule has 0 aliphatic carbocycles. The third-order valence-electron chi connectivity index (χ3n) is 1.55. The van der Waals surface area contributed by atoms with Gasteiger partial charge in [0.25, 0.3) is 0 Å². The van der Waals surface area contributed by atoms with Gasteiger partial charge in [0.2, 0.25) is 0 Å². The predicted molar refractivity (Wildman–Crippen MR) is 60.7 cm³/mol. The lowest BCUT2D eigenvalue weighted by Gasteiger charge is -1.97. The first-order chi connectivity index (χ1) is 7.22. The Kier molecular flexibility index (Phi) is 18.2. The minimum Gasteiger partial charge on any atom is -0.394 e. The molecule has 0 bridgehead atoms. The van der Waals surface area contributed by atoms with Gasteiger partial charge in [-0.15, -0.1) is 6.58 Å². The summed E-state index contributed by atoms with van der Waals surface area (Å²) in [4.78, 5) is 0. The minimum absolute atomic E-state index is 0.365. The van der Waals surface area contributed by atoms with Gasteiger partial charge in [-0.3, -0.25) is 0 Å². The number of hydrogen-bond acceptors (Lipinski definition) is 4. The van der Waals surface area contributed by atoms with E-state index in [9.17, 15) is 0 Å². The van der Waals surface area contributed by atoms with Crippen LogP contribution >= 0.6 is 0 Å². The Morgan fingerprint density at radius 3 is 2.20 bits per heavy atom. The summed E-state index contributed by atoms with van der Waals surface area (Å²) in [5, 5.41) is 24.0. The van der Waals surface area contributed by atoms with Gasteiger partial charge in [-0.05, 0) is 6.42 Å². The third-order valence-corrected chi connectivity index (χ3v) is 1.55. The summed E-state index contributed by atoms with van der Waals surface area (Å²) in [7, 11) is 0. The van der Waals surface area contributed by atoms with Crippen LogP contribution in [0.15, 0.2) is 12.7 Å². The van der Waals surface area contributed by atoms with E-state index in [4.69, 9.17) is 20.1 Å². The average molecular weight is 220 g/mol. The van der Waals surface area contributed by atoms with E-state index in [2.05, 4.69) is 13.5 Å². The molecule has 0 unspecified atom stereocenters. The zero-order valence-corrected chi connectivity index (χ0v) is 9.56. The van der Waals surface area contributed by atoms with Crippen LogP contribution in [-0.2, 0) is 4.74 Å². The number of aliphatic hydroxyl groups is 3. The van der Waals surface area contributed by atoms with Crippen molar-refractivity contribution in [3.05, 3.63) is 12.7 Å². The maximum absolute atomic E-state index is 8.17. The van der Waals surface area contributed by atoms with Crippen LogP contribution in [0.25, 0.3) is 0 Å². The van der Waals surface area contributed by atoms with E-state index in [0.29, 0.717) is 6.61 Å². The van der Waals surface area contributed by atoms with Crippen molar-refractivity contribution < 1.29 is 20.1 Å². The van der Waals surface area contributed by atoms with E-state index in [1.165, 1.54) is 19.3 Å². The molecule has 0 aliphatic heterocycles. The predicted octanol–water partition coefficient (Wildman–Crippen LogP) is 0.711. The molecule has 0 saturated carbocycles. The van der Waals surface area contributed by atoms with Crippen molar-refractivity contribution in [2.24, 2.45) is 0 Å². The van der Waals surface area contributed by atoms with Crippen LogP contribution in [0.5, 0.6) is 0 Å². The summed E-state index contributed by atoms with van der Waals surface area (Å²) in [6.45, 7) is 6.60. The number of rotatable bonds is 8. The number of ether oxygens (including phenoxy) is 1. The Balaban J connectivity index is 0. The normalized spacial score (nSPS) is 9.67. The van der Waals surface area contributed by atoms with Crippen molar-refractivity contribution in [2.45, 2.75) is 32.3 Å². The molecule has 4 heteroatoms. The molecule has 0 aliphatic rings. The molecule has 0 aromatic heterocycles. The standard InChI is InChI=1S/C8H16O.C3H8O3/c1-3-5-6-8-9-7-4-2;4-1-3(6)2-5/h4H,2-3,5-8H2,1H3;3-6H,1-2H2. The number of unbranched alkanes of at least 4 members (excludes halogenated alkanes) is 2. The van der Waals surface area contributed by atoms with Crippen molar-refractivity contribution in [1.82, 2.24) is 0 Å². The monoisotopic (exact) mass is 220 g/mol. The highest BCUT2D eigenvalue weighted by Gasteiger charge is 1.93. The second-order valence-electron chi connectivity index (χ2n) is 3.09. The maximum atomic E-state index is 8.17. The van der Waals surface area contributed by atoms with Crippen molar-refractivity contribution in [3.8, 4) is 0 Å². The lowest BCUT2D eigenvalue weighted by Crippen LogP contribution is -2.15. The number of hydrogen-bond donors (Lipinski definition) is 3. The molecule has 0 atom stereocenters. The highest BCUT2D eigenvalue weighted by molar-refractivity contribution is 4.63. The van der Waals surface area contributed by atoms with Gasteiger partial charge >= 0.3 is 0 Å². The maximum Gasteiger partial charge on any atom is 0.100 e. The molecule has 92 valence electrons. The highest BCUT2D eigenvalue weighted by Crippen LogP contribution is 1.93. The van der Waals surface area contributed by atoms with E-state index in [0.717, 1.165) is 6.61 Å². The van der Waals surface area contributed by atoms with Crippen molar-refractivity contribution in [2.75, 3.05) is 26.4 Å². The lowest BCUT2D eigenvalue weighted by molar-refractivity contribution is 0.0450. The molecule has 0 amide bonds. The van der Waals surface area contributed by atoms with Crippen LogP contribution in [-0.4, -0.2) is 47.9 Å². The number of aliphatic hydroxyl groups excluding tert-OH is 3. The lowest BCUT2D eigenvalue weighted by atomic mass is 10.3. The fourth-order valence-electron chi connectivity index (χ4n) is 0.679. The summed E-state index contributed by atoms with van der Waals surface area (Å²) in [5.41, 5.74) is 0. The summed E-state index contributed by atoms with van der Waals surface area (Å²) in [6.07, 6.45) is 4.55. The van der Waals surface area contributed by atoms with Gasteiger partial charge in [0.15, 0.2) is 0 Å². The third kappa shape index (κ3) is 19.8. The van der Waals surface area contributed by atoms with Crippen molar-refractivity contribution >= 4 is 0 Å². The first kappa shape index (κ1) is 17.0. The molecule has 0 radical (unpaired) electrons. The molecule has 0 aromatic carbocycles. The highest BCUT2D eigenvalue weighted by atomic mass is 16.5. The Hall–Kier alpha value is -0.420. The Morgan fingerprint density at radius 2 is 1.87 bits per heavy atom. The molecular formula is C11H24O4. The van der Waals surface area contributed by atoms with Gasteiger partial charge in [-0.25, -0.2) is 0 Å². The van der Waals surface area contributed by atoms with Crippen LogP contribution in [0.1, 0.15) is 26.2 Å². The van der Waals surface area contributed by atoms with Crippen molar-refractivity contribution in [3.63, 3.8) is 0 Å². The molecule has 0 rings (SSSR count). The van der Waals surface area contributed by atoms with E-state index >= 15 is 0 Å². The Bertz CT molecular complexity index is 113. The topological polar surface area (TPSA) is 69.9 Å². The second kappa shape index (κ2) is 16.0.